The number of ether oxygens (including phenoxy) is 1. The van der Waals surface area contributed by atoms with E-state index >= 15 is 0 Å². The lowest BCUT2D eigenvalue weighted by molar-refractivity contribution is 0.159. The Morgan fingerprint density at radius 2 is 2.15 bits per heavy atom. The second-order valence-corrected chi connectivity index (χ2v) is 2.70. The van der Waals surface area contributed by atoms with Crippen LogP contribution in [0.3, 0.4) is 0 Å². The molecule has 74 valence electrons. The molecule has 2 saturated heterocycles. The summed E-state index contributed by atoms with van der Waals surface area (Å²) in [5.74, 6) is -0.312. The van der Waals surface area contributed by atoms with Gasteiger partial charge in [0.05, 0.1) is 6.61 Å². The molecule has 2 unspecified atom stereocenters. The molecule has 2 aliphatic rings. The fraction of sp³-hybridized carbons (Fsp3) is 0.667. The van der Waals surface area contributed by atoms with Gasteiger partial charge in [0.2, 0.25) is 0 Å². The summed E-state index contributed by atoms with van der Waals surface area (Å²) in [7, 11) is 0. The molecule has 2 aliphatic heterocycles. The summed E-state index contributed by atoms with van der Waals surface area (Å²) in [4.78, 5) is 14.9. The normalized spacial score (nSPS) is 28.0. The van der Waals surface area contributed by atoms with E-state index in [0.717, 1.165) is 6.61 Å². The molecular weight excluding hydrogens is 174 g/mol. The molecular formula is C6H13N5O2. The van der Waals surface area contributed by atoms with Crippen LogP contribution in [0.2, 0.25) is 0 Å². The van der Waals surface area contributed by atoms with E-state index in [4.69, 9.17) is 16.2 Å². The summed E-state index contributed by atoms with van der Waals surface area (Å²) in [5.41, 5.74) is 13.9. The molecule has 2 atom stereocenters. The highest BCUT2D eigenvalue weighted by molar-refractivity contribution is 5.89. The smallest absolute Gasteiger partial charge is 0.341 e. The van der Waals surface area contributed by atoms with Crippen molar-refractivity contribution in [2.24, 2.45) is 22.2 Å². The Hall–Kier alpha value is -1.34. The SMILES string of the molecule is C1CN2CC2O1.NC(=O)N=C(N)N. The monoisotopic (exact) mass is 187 g/mol. The van der Waals surface area contributed by atoms with E-state index in [-0.39, 0.29) is 5.96 Å². The van der Waals surface area contributed by atoms with Crippen molar-refractivity contribution in [1.82, 2.24) is 4.90 Å². The number of fused-ring (bicyclic) bond motifs is 1. The van der Waals surface area contributed by atoms with Gasteiger partial charge in [0.25, 0.3) is 0 Å². The van der Waals surface area contributed by atoms with E-state index in [1.165, 1.54) is 13.1 Å². The number of amides is 2. The molecule has 2 heterocycles. The van der Waals surface area contributed by atoms with Crippen LogP contribution in [-0.2, 0) is 4.74 Å². The molecule has 0 aliphatic carbocycles. The zero-order valence-electron chi connectivity index (χ0n) is 7.14. The molecule has 0 radical (unpaired) electrons. The summed E-state index contributed by atoms with van der Waals surface area (Å²) >= 11 is 0. The minimum absolute atomic E-state index is 0.312. The predicted molar refractivity (Wildman–Crippen MR) is 46.7 cm³/mol. The van der Waals surface area contributed by atoms with Crippen molar-refractivity contribution in [3.05, 3.63) is 0 Å². The number of carbonyl (C=O) groups is 1. The number of hydrogen-bond donors (Lipinski definition) is 3. The van der Waals surface area contributed by atoms with Crippen molar-refractivity contribution in [3.8, 4) is 0 Å². The third-order valence-electron chi connectivity index (χ3n) is 1.59. The van der Waals surface area contributed by atoms with Crippen LogP contribution < -0.4 is 17.2 Å². The predicted octanol–water partition coefficient (Wildman–Crippen LogP) is -2.00. The van der Waals surface area contributed by atoms with Gasteiger partial charge in [-0.25, -0.2) is 4.79 Å². The molecule has 0 aromatic carbocycles. The van der Waals surface area contributed by atoms with Gasteiger partial charge in [-0.2, -0.15) is 4.99 Å². The van der Waals surface area contributed by atoms with Crippen molar-refractivity contribution in [2.45, 2.75) is 6.23 Å². The summed E-state index contributed by atoms with van der Waals surface area (Å²) in [5, 5.41) is 0. The molecule has 0 bridgehead atoms. The Labute approximate surface area is 75.5 Å². The minimum atomic E-state index is -0.875. The van der Waals surface area contributed by atoms with Crippen molar-refractivity contribution in [3.63, 3.8) is 0 Å². The van der Waals surface area contributed by atoms with Gasteiger partial charge in [0.15, 0.2) is 5.96 Å². The van der Waals surface area contributed by atoms with Crippen LogP contribution in [0.1, 0.15) is 0 Å². The van der Waals surface area contributed by atoms with Crippen LogP contribution in [-0.4, -0.2) is 42.8 Å². The number of hydrogen-bond acceptors (Lipinski definition) is 3. The molecule has 13 heavy (non-hydrogen) atoms. The third-order valence-corrected chi connectivity index (χ3v) is 1.59. The van der Waals surface area contributed by atoms with Crippen molar-refractivity contribution in [1.29, 1.82) is 0 Å². The van der Waals surface area contributed by atoms with Crippen LogP contribution >= 0.6 is 0 Å². The number of nitrogens with two attached hydrogens (primary N) is 3. The maximum atomic E-state index is 9.68. The van der Waals surface area contributed by atoms with Gasteiger partial charge in [0.1, 0.15) is 6.23 Å². The molecule has 2 amide bonds. The number of guanidine groups is 1. The Bertz CT molecular complexity index is 217. The number of urea groups is 1. The van der Waals surface area contributed by atoms with Gasteiger partial charge in [-0.1, -0.05) is 0 Å². The molecule has 0 aromatic rings. The summed E-state index contributed by atoms with van der Waals surface area (Å²) < 4.78 is 5.15. The van der Waals surface area contributed by atoms with Crippen molar-refractivity contribution in [2.75, 3.05) is 19.7 Å². The summed E-state index contributed by atoms with van der Waals surface area (Å²) in [6.07, 6.45) is 0.546. The summed E-state index contributed by atoms with van der Waals surface area (Å²) in [6, 6.07) is -0.875. The van der Waals surface area contributed by atoms with Crippen LogP contribution in [0.25, 0.3) is 0 Å². The molecule has 0 aromatic heterocycles. The molecule has 7 nitrogen and oxygen atoms in total. The Morgan fingerprint density at radius 1 is 1.46 bits per heavy atom. The van der Waals surface area contributed by atoms with Crippen molar-refractivity contribution >= 4 is 12.0 Å². The van der Waals surface area contributed by atoms with E-state index in [9.17, 15) is 4.79 Å². The Balaban J connectivity index is 0.000000130. The topological polar surface area (TPSA) is 120 Å². The fourth-order valence-corrected chi connectivity index (χ4v) is 0.980. The number of rotatable bonds is 0. The first kappa shape index (κ1) is 9.75. The van der Waals surface area contributed by atoms with E-state index in [1.807, 2.05) is 0 Å². The van der Waals surface area contributed by atoms with E-state index in [2.05, 4.69) is 15.6 Å². The maximum Gasteiger partial charge on any atom is 0.341 e. The largest absolute Gasteiger partial charge is 0.370 e. The van der Waals surface area contributed by atoms with Gasteiger partial charge in [0, 0.05) is 13.1 Å². The van der Waals surface area contributed by atoms with Crippen LogP contribution in [0.4, 0.5) is 4.79 Å². The number of carbonyl (C=O) groups excluding carboxylic acids is 1. The second-order valence-electron chi connectivity index (χ2n) is 2.70. The Morgan fingerprint density at radius 3 is 2.23 bits per heavy atom. The minimum Gasteiger partial charge on any atom is -0.370 e. The number of nitrogens with zero attached hydrogens (tertiary/aromatic N) is 2. The first-order valence-electron chi connectivity index (χ1n) is 3.84. The molecule has 6 N–H and O–H groups in total. The second kappa shape index (κ2) is 4.06. The van der Waals surface area contributed by atoms with Gasteiger partial charge >= 0.3 is 6.03 Å². The van der Waals surface area contributed by atoms with Gasteiger partial charge < -0.3 is 21.9 Å². The lowest BCUT2D eigenvalue weighted by atomic mass is 10.7. The molecule has 7 heteroatoms. The third kappa shape index (κ3) is 3.72. The highest BCUT2D eigenvalue weighted by Gasteiger charge is 2.39. The lowest BCUT2D eigenvalue weighted by Gasteiger charge is -1.83. The van der Waals surface area contributed by atoms with Crippen LogP contribution in [0.15, 0.2) is 4.99 Å². The number of primary amides is 1. The maximum absolute atomic E-state index is 9.68. The standard InChI is InChI=1S/C4H7NO.C2H6N4O/c1-2-6-4-3-5(1)4;3-1(4)6-2(5)7/h4H,1-3H2;(H6,3,4,5,6,7). The highest BCUT2D eigenvalue weighted by Crippen LogP contribution is 2.22. The van der Waals surface area contributed by atoms with E-state index < -0.39 is 6.03 Å². The van der Waals surface area contributed by atoms with Crippen molar-refractivity contribution < 1.29 is 9.53 Å². The fourth-order valence-electron chi connectivity index (χ4n) is 0.980. The zero-order valence-corrected chi connectivity index (χ0v) is 7.14. The Kier molecular flexibility index (Phi) is 3.04. The molecule has 0 saturated carbocycles. The molecule has 2 rings (SSSR count). The number of morpholine rings is 1. The average Bonchev–Trinajstić information content (AvgIpc) is 2.57. The first-order chi connectivity index (χ1) is 6.09. The van der Waals surface area contributed by atoms with Gasteiger partial charge in [-0.05, 0) is 0 Å². The van der Waals surface area contributed by atoms with Gasteiger partial charge in [-0.3, -0.25) is 4.90 Å². The van der Waals surface area contributed by atoms with E-state index in [0.29, 0.717) is 6.23 Å². The van der Waals surface area contributed by atoms with Gasteiger partial charge in [-0.15, -0.1) is 0 Å². The average molecular weight is 187 g/mol. The highest BCUT2D eigenvalue weighted by atomic mass is 16.5. The summed E-state index contributed by atoms with van der Waals surface area (Å²) in [6.45, 7) is 3.33. The first-order valence-corrected chi connectivity index (χ1v) is 3.84. The number of aliphatic imine (C=N–C) groups is 1. The lowest BCUT2D eigenvalue weighted by Crippen LogP contribution is -2.25. The molecule has 0 spiro atoms. The van der Waals surface area contributed by atoms with Crippen LogP contribution in [0.5, 0.6) is 0 Å². The quantitative estimate of drug-likeness (QED) is 0.230. The van der Waals surface area contributed by atoms with E-state index in [1.54, 1.807) is 0 Å². The van der Waals surface area contributed by atoms with Crippen LogP contribution in [0, 0.1) is 0 Å². The molecule has 2 fully saturated rings. The zero-order chi connectivity index (χ0) is 9.84.